The molecular weight excluding hydrogens is 414 g/mol. The molecule has 0 saturated heterocycles. The van der Waals surface area contributed by atoms with Gasteiger partial charge in [-0.2, -0.15) is 0 Å². The molecule has 0 amide bonds. The van der Waals surface area contributed by atoms with Gasteiger partial charge in [-0.3, -0.25) is 4.90 Å². The number of hydrogen-bond donors (Lipinski definition) is 1. The number of ether oxygens (including phenoxy) is 1. The first-order chi connectivity index (χ1) is 16.1. The van der Waals surface area contributed by atoms with Crippen molar-refractivity contribution < 1.29 is 14.4 Å². The Labute approximate surface area is 196 Å². The van der Waals surface area contributed by atoms with Crippen LogP contribution in [0.2, 0.25) is 0 Å². The fourth-order valence-corrected chi connectivity index (χ4v) is 4.19. The average Bonchev–Trinajstić information content (AvgIpc) is 3.55. The molecule has 4 rings (SSSR count). The summed E-state index contributed by atoms with van der Waals surface area (Å²) in [6.07, 6.45) is 2.00. The number of rotatable bonds is 13. The fraction of sp³-hybridized carbons (Fsp3) is 0.444. The van der Waals surface area contributed by atoms with E-state index in [1.165, 1.54) is 18.4 Å². The van der Waals surface area contributed by atoms with Gasteiger partial charge in [0.1, 0.15) is 5.69 Å². The van der Waals surface area contributed by atoms with Gasteiger partial charge in [-0.1, -0.05) is 65.8 Å². The summed E-state index contributed by atoms with van der Waals surface area (Å²) in [7, 11) is 2.04. The van der Waals surface area contributed by atoms with Crippen molar-refractivity contribution in [2.24, 2.45) is 5.92 Å². The lowest BCUT2D eigenvalue weighted by molar-refractivity contribution is 0.0187. The quantitative estimate of drug-likeness (QED) is 0.412. The second-order valence-electron chi connectivity index (χ2n) is 8.97. The van der Waals surface area contributed by atoms with Crippen molar-refractivity contribution in [1.29, 1.82) is 0 Å². The minimum absolute atomic E-state index is 0.355. The van der Waals surface area contributed by atoms with Crippen LogP contribution in [0.3, 0.4) is 0 Å². The molecule has 33 heavy (non-hydrogen) atoms. The number of anilines is 1. The highest BCUT2D eigenvalue weighted by atomic mass is 16.5. The van der Waals surface area contributed by atoms with Gasteiger partial charge in [-0.15, -0.1) is 0 Å². The zero-order chi connectivity index (χ0) is 23.0. The lowest BCUT2D eigenvalue weighted by Gasteiger charge is -2.26. The molecular formula is C27H35N3O3. The Balaban J connectivity index is 1.60. The van der Waals surface area contributed by atoms with E-state index >= 15 is 0 Å². The van der Waals surface area contributed by atoms with Crippen LogP contribution >= 0.6 is 0 Å². The number of nitrogens with zero attached hydrogens (tertiary/aromatic N) is 3. The molecule has 1 aromatic heterocycles. The van der Waals surface area contributed by atoms with Gasteiger partial charge in [0.25, 0.3) is 0 Å². The summed E-state index contributed by atoms with van der Waals surface area (Å²) < 4.78 is 11.4. The van der Waals surface area contributed by atoms with Crippen LogP contribution in [0, 0.1) is 5.92 Å². The van der Waals surface area contributed by atoms with E-state index in [1.807, 2.05) is 38.2 Å². The summed E-state index contributed by atoms with van der Waals surface area (Å²) in [4.78, 5) is 4.45. The molecule has 0 radical (unpaired) electrons. The van der Waals surface area contributed by atoms with Gasteiger partial charge in [0.05, 0.1) is 18.3 Å². The smallest absolute Gasteiger partial charge is 0.232 e. The van der Waals surface area contributed by atoms with E-state index in [9.17, 15) is 5.11 Å². The van der Waals surface area contributed by atoms with Crippen LogP contribution in [-0.4, -0.2) is 54.6 Å². The van der Waals surface area contributed by atoms with E-state index in [4.69, 9.17) is 9.26 Å². The van der Waals surface area contributed by atoms with Gasteiger partial charge in [-0.05, 0) is 31.2 Å². The highest BCUT2D eigenvalue weighted by molar-refractivity contribution is 5.68. The topological polar surface area (TPSA) is 62.0 Å². The Morgan fingerprint density at radius 2 is 1.76 bits per heavy atom. The van der Waals surface area contributed by atoms with Crippen molar-refractivity contribution >= 4 is 5.88 Å². The lowest BCUT2D eigenvalue weighted by Crippen LogP contribution is -2.36. The highest BCUT2D eigenvalue weighted by Crippen LogP contribution is 2.35. The number of aliphatic hydroxyl groups excluding tert-OH is 1. The maximum atomic E-state index is 10.6. The van der Waals surface area contributed by atoms with Crippen LogP contribution in [0.1, 0.15) is 30.9 Å². The second kappa shape index (κ2) is 11.5. The standard InChI is InChI=1S/C27H35N3O3/c1-3-32-20-24(31)18-30(17-22-14-15-22)19-25-26(23-12-8-5-9-13-23)28-33-27(25)29(2)16-21-10-6-4-7-11-21/h4-13,22,24,31H,3,14-20H2,1-2H3/t24-/m1/s1. The molecule has 1 saturated carbocycles. The van der Waals surface area contributed by atoms with Crippen molar-refractivity contribution in [3.05, 3.63) is 71.8 Å². The zero-order valence-electron chi connectivity index (χ0n) is 19.7. The largest absolute Gasteiger partial charge is 0.389 e. The number of hydrogen-bond acceptors (Lipinski definition) is 6. The van der Waals surface area contributed by atoms with E-state index in [-0.39, 0.29) is 0 Å². The molecule has 0 bridgehead atoms. The number of aliphatic hydroxyl groups is 1. The van der Waals surface area contributed by atoms with Crippen molar-refractivity contribution in [3.63, 3.8) is 0 Å². The van der Waals surface area contributed by atoms with E-state index < -0.39 is 6.10 Å². The predicted octanol–water partition coefficient (Wildman–Crippen LogP) is 4.59. The van der Waals surface area contributed by atoms with Crippen LogP contribution in [0.15, 0.2) is 65.2 Å². The van der Waals surface area contributed by atoms with E-state index in [2.05, 4.69) is 51.4 Å². The molecule has 2 aromatic carbocycles. The molecule has 1 atom stereocenters. The Kier molecular flexibility index (Phi) is 8.15. The summed E-state index contributed by atoms with van der Waals surface area (Å²) >= 11 is 0. The number of benzene rings is 2. The maximum Gasteiger partial charge on any atom is 0.232 e. The first-order valence-corrected chi connectivity index (χ1v) is 11.9. The molecule has 6 heteroatoms. The Bertz CT molecular complexity index is 973. The lowest BCUT2D eigenvalue weighted by atomic mass is 10.1. The molecule has 1 heterocycles. The van der Waals surface area contributed by atoms with Crippen molar-refractivity contribution in [1.82, 2.24) is 10.1 Å². The van der Waals surface area contributed by atoms with Crippen LogP contribution in [0.25, 0.3) is 11.3 Å². The minimum atomic E-state index is -0.519. The van der Waals surface area contributed by atoms with Gasteiger partial charge in [0.2, 0.25) is 5.88 Å². The SMILES string of the molecule is CCOC[C@H](O)CN(Cc1c(-c2ccccc2)noc1N(C)Cc1ccccc1)CC1CC1. The first kappa shape index (κ1) is 23.5. The maximum absolute atomic E-state index is 10.6. The summed E-state index contributed by atoms with van der Waals surface area (Å²) in [5.41, 5.74) is 4.18. The van der Waals surface area contributed by atoms with Crippen molar-refractivity contribution in [2.45, 2.75) is 39.0 Å². The van der Waals surface area contributed by atoms with Crippen molar-refractivity contribution in [3.8, 4) is 11.3 Å². The third-order valence-corrected chi connectivity index (χ3v) is 6.00. The summed E-state index contributed by atoms with van der Waals surface area (Å²) in [6, 6.07) is 20.6. The first-order valence-electron chi connectivity index (χ1n) is 11.9. The molecule has 176 valence electrons. The molecule has 1 aliphatic carbocycles. The third kappa shape index (κ3) is 6.67. The average molecular weight is 450 g/mol. The van der Waals surface area contributed by atoms with E-state index in [0.717, 1.165) is 35.8 Å². The molecule has 3 aromatic rings. The van der Waals surface area contributed by atoms with Gasteiger partial charge in [0, 0.05) is 45.4 Å². The normalized spacial score (nSPS) is 14.5. The molecule has 1 aliphatic rings. The molecule has 1 fully saturated rings. The number of aromatic nitrogens is 1. The van der Waals surface area contributed by atoms with Gasteiger partial charge in [0.15, 0.2) is 0 Å². The van der Waals surface area contributed by atoms with Gasteiger partial charge in [-0.25, -0.2) is 0 Å². The summed E-state index contributed by atoms with van der Waals surface area (Å²) in [5.74, 6) is 1.48. The molecule has 6 nitrogen and oxygen atoms in total. The highest BCUT2D eigenvalue weighted by Gasteiger charge is 2.29. The molecule has 0 spiro atoms. The zero-order valence-corrected chi connectivity index (χ0v) is 19.7. The minimum Gasteiger partial charge on any atom is -0.389 e. The summed E-state index contributed by atoms with van der Waals surface area (Å²) in [5, 5.41) is 15.1. The van der Waals surface area contributed by atoms with E-state index in [0.29, 0.717) is 32.2 Å². The monoisotopic (exact) mass is 449 g/mol. The Morgan fingerprint density at radius 3 is 2.42 bits per heavy atom. The molecule has 1 N–H and O–H groups in total. The van der Waals surface area contributed by atoms with E-state index in [1.54, 1.807) is 0 Å². The van der Waals surface area contributed by atoms with Gasteiger partial charge < -0.3 is 19.3 Å². The Morgan fingerprint density at radius 1 is 1.06 bits per heavy atom. The van der Waals surface area contributed by atoms with Crippen LogP contribution < -0.4 is 4.90 Å². The van der Waals surface area contributed by atoms with Gasteiger partial charge >= 0.3 is 0 Å². The predicted molar refractivity (Wildman–Crippen MR) is 131 cm³/mol. The third-order valence-electron chi connectivity index (χ3n) is 6.00. The molecule has 0 unspecified atom stereocenters. The van der Waals surface area contributed by atoms with Crippen LogP contribution in [-0.2, 0) is 17.8 Å². The van der Waals surface area contributed by atoms with Crippen LogP contribution in [0.5, 0.6) is 0 Å². The van der Waals surface area contributed by atoms with Crippen molar-refractivity contribution in [2.75, 3.05) is 38.3 Å². The fourth-order valence-electron chi connectivity index (χ4n) is 4.19. The van der Waals surface area contributed by atoms with Crippen LogP contribution in [0.4, 0.5) is 5.88 Å². The summed E-state index contributed by atoms with van der Waals surface area (Å²) in [6.45, 7) is 5.84. The molecule has 0 aliphatic heterocycles. The Hall–Kier alpha value is -2.67. The second-order valence-corrected chi connectivity index (χ2v) is 8.97.